The fourth-order valence-electron chi connectivity index (χ4n) is 4.84. The normalized spacial score (nSPS) is 11.7. The molecule has 1 N–H and O–H groups in total. The van der Waals surface area contributed by atoms with Crippen molar-refractivity contribution in [2.75, 3.05) is 50.0 Å². The molecule has 0 atom stereocenters. The van der Waals surface area contributed by atoms with E-state index in [1.165, 1.54) is 90.1 Å². The number of rotatable bonds is 24. The molecule has 204 valence electrons. The van der Waals surface area contributed by atoms with Gasteiger partial charge in [0.1, 0.15) is 11.4 Å². The minimum atomic E-state index is -0.343. The average Bonchev–Trinajstić information content (AvgIpc) is 2.84. The maximum absolute atomic E-state index is 12.3. The number of nitrogens with one attached hydrogen (secondary N) is 1. The van der Waals surface area contributed by atoms with Crippen molar-refractivity contribution in [3.8, 4) is 0 Å². The molecule has 5 nitrogen and oxygen atoms in total. The monoisotopic (exact) mass is 491 g/mol. The van der Waals surface area contributed by atoms with Crippen molar-refractivity contribution in [1.82, 2.24) is 4.90 Å². The Kier molecular flexibility index (Phi) is 17.9. The van der Waals surface area contributed by atoms with E-state index in [0.29, 0.717) is 17.3 Å². The lowest BCUT2D eigenvalue weighted by atomic mass is 10.1. The van der Waals surface area contributed by atoms with Crippen LogP contribution in [0.15, 0.2) is 9.59 Å². The molecule has 1 aromatic carbocycles. The Morgan fingerprint density at radius 2 is 1.17 bits per heavy atom. The maximum atomic E-state index is 12.3. The van der Waals surface area contributed by atoms with Crippen molar-refractivity contribution >= 4 is 11.4 Å². The van der Waals surface area contributed by atoms with E-state index in [9.17, 15) is 9.59 Å². The van der Waals surface area contributed by atoms with Crippen molar-refractivity contribution in [3.63, 3.8) is 0 Å². The van der Waals surface area contributed by atoms with Gasteiger partial charge >= 0.3 is 0 Å². The summed E-state index contributed by atoms with van der Waals surface area (Å²) in [5, 5.41) is 3.24. The van der Waals surface area contributed by atoms with Crippen LogP contribution >= 0.6 is 0 Å². The first-order chi connectivity index (χ1) is 16.9. The number of nitrogens with zero attached hydrogens (tertiary/aromatic N) is 2. The molecule has 0 aliphatic carbocycles. The number of unbranched alkanes of at least 4 members (excludes halogenated alkanes) is 10. The van der Waals surface area contributed by atoms with Crippen molar-refractivity contribution in [3.05, 3.63) is 20.4 Å². The van der Waals surface area contributed by atoms with E-state index in [-0.39, 0.29) is 10.9 Å². The second kappa shape index (κ2) is 19.8. The molecule has 1 aromatic rings. The van der Waals surface area contributed by atoms with Crippen molar-refractivity contribution in [2.24, 2.45) is 5.92 Å². The van der Waals surface area contributed by atoms with Gasteiger partial charge in [-0.15, -0.1) is 0 Å². The van der Waals surface area contributed by atoms with Gasteiger partial charge < -0.3 is 15.1 Å². The second-order valence-electron chi connectivity index (χ2n) is 11.0. The Hall–Kier alpha value is -1.36. The Morgan fingerprint density at radius 1 is 0.657 bits per heavy atom. The van der Waals surface area contributed by atoms with Gasteiger partial charge in [-0.3, -0.25) is 9.59 Å². The van der Waals surface area contributed by atoms with Crippen molar-refractivity contribution in [1.29, 1.82) is 0 Å². The Morgan fingerprint density at radius 3 is 1.71 bits per heavy atom. The summed E-state index contributed by atoms with van der Waals surface area (Å²) in [5.74, 6) is 0.655. The quantitative estimate of drug-likeness (QED) is 0.125. The molecule has 0 aliphatic rings. The van der Waals surface area contributed by atoms with E-state index in [0.717, 1.165) is 38.9 Å². The summed E-state index contributed by atoms with van der Waals surface area (Å²) < 4.78 is 0. The second-order valence-corrected chi connectivity index (χ2v) is 11.0. The van der Waals surface area contributed by atoms with Gasteiger partial charge in [0.05, 0.1) is 0 Å². The lowest BCUT2D eigenvalue weighted by Crippen LogP contribution is -2.42. The molecule has 0 spiro atoms. The van der Waals surface area contributed by atoms with Crippen LogP contribution in [0.2, 0.25) is 0 Å². The zero-order valence-electron chi connectivity index (χ0n) is 23.9. The fraction of sp³-hybridized carbons (Fsp3) is 0.867. The minimum absolute atomic E-state index is 0.324. The molecule has 0 bridgehead atoms. The molecule has 0 unspecified atom stereocenters. The molecule has 0 aromatic heterocycles. The topological polar surface area (TPSA) is 52.6 Å². The minimum Gasteiger partial charge on any atom is -0.380 e. The molecule has 0 aliphatic heterocycles. The van der Waals surface area contributed by atoms with Crippen molar-refractivity contribution in [2.45, 2.75) is 124 Å². The van der Waals surface area contributed by atoms with Gasteiger partial charge in [-0.2, -0.15) is 0 Å². The summed E-state index contributed by atoms with van der Waals surface area (Å²) in [7, 11) is 1.96. The summed E-state index contributed by atoms with van der Waals surface area (Å²) in [4.78, 5) is 29.0. The van der Waals surface area contributed by atoms with Crippen LogP contribution in [0.5, 0.6) is 0 Å². The van der Waals surface area contributed by atoms with Gasteiger partial charge in [-0.05, 0) is 57.7 Å². The number of anilines is 2. The smallest absolute Gasteiger partial charge is 0.253 e. The zero-order chi connectivity index (χ0) is 25.9. The standard InChI is InChI=1S/C30H57N3O2/c1-6-8-10-12-14-16-23-33(24-17-15-13-11-9-7-2)25-19-22-32(5)28-27(29(34)30(28)35)31-21-18-20-26(3)4/h26,31H,6-25H2,1-5H3. The Bertz CT molecular complexity index is 693. The van der Waals surface area contributed by atoms with E-state index in [1.54, 1.807) is 0 Å². The van der Waals surface area contributed by atoms with Gasteiger partial charge in [0, 0.05) is 20.1 Å². The van der Waals surface area contributed by atoms with Crippen LogP contribution in [0.3, 0.4) is 0 Å². The summed E-state index contributed by atoms with van der Waals surface area (Å²) in [6.07, 6.45) is 19.2. The van der Waals surface area contributed by atoms with Gasteiger partial charge in [-0.25, -0.2) is 0 Å². The van der Waals surface area contributed by atoms with Gasteiger partial charge in [0.15, 0.2) is 0 Å². The predicted octanol–water partition coefficient (Wildman–Crippen LogP) is 6.98. The SMILES string of the molecule is CCCCCCCCN(CCCCCCCC)CCCN(C)c1c(NCCCC(C)C)c(=O)c1=O. The predicted molar refractivity (Wildman–Crippen MR) is 155 cm³/mol. The molecular formula is C30H57N3O2. The highest BCUT2D eigenvalue weighted by Crippen LogP contribution is 2.19. The summed E-state index contributed by atoms with van der Waals surface area (Å²) in [5.41, 5.74) is 0.467. The molecular weight excluding hydrogens is 434 g/mol. The average molecular weight is 492 g/mol. The van der Waals surface area contributed by atoms with Crippen LogP contribution in [0.4, 0.5) is 11.4 Å². The van der Waals surface area contributed by atoms with E-state index in [1.807, 2.05) is 11.9 Å². The Balaban J connectivity index is 2.46. The number of hydrogen-bond donors (Lipinski definition) is 1. The van der Waals surface area contributed by atoms with E-state index >= 15 is 0 Å². The third-order valence-electron chi connectivity index (χ3n) is 7.15. The first-order valence-electron chi connectivity index (χ1n) is 14.9. The fourth-order valence-corrected chi connectivity index (χ4v) is 4.84. The largest absolute Gasteiger partial charge is 0.380 e. The molecule has 0 heterocycles. The first kappa shape index (κ1) is 31.7. The summed E-state index contributed by atoms with van der Waals surface area (Å²) in [6.45, 7) is 14.0. The van der Waals surface area contributed by atoms with Crippen LogP contribution in [0.1, 0.15) is 124 Å². The van der Waals surface area contributed by atoms with E-state index < -0.39 is 0 Å². The summed E-state index contributed by atoms with van der Waals surface area (Å²) in [6, 6.07) is 0. The molecule has 0 saturated carbocycles. The zero-order valence-corrected chi connectivity index (χ0v) is 23.9. The highest BCUT2D eigenvalue weighted by Gasteiger charge is 2.23. The third kappa shape index (κ3) is 13.5. The molecule has 0 fully saturated rings. The molecule has 0 saturated heterocycles. The van der Waals surface area contributed by atoms with Crippen LogP contribution in [-0.4, -0.2) is 44.7 Å². The van der Waals surface area contributed by atoms with Gasteiger partial charge in [-0.1, -0.05) is 91.9 Å². The van der Waals surface area contributed by atoms with Gasteiger partial charge in [0.25, 0.3) is 10.9 Å². The lowest BCUT2D eigenvalue weighted by Gasteiger charge is -2.26. The molecule has 0 amide bonds. The lowest BCUT2D eigenvalue weighted by molar-refractivity contribution is 0.258. The molecule has 0 radical (unpaired) electrons. The maximum Gasteiger partial charge on any atom is 0.253 e. The highest BCUT2D eigenvalue weighted by atomic mass is 16.2. The Labute approximate surface area is 216 Å². The highest BCUT2D eigenvalue weighted by molar-refractivity contribution is 5.74. The first-order valence-corrected chi connectivity index (χ1v) is 14.9. The van der Waals surface area contributed by atoms with Crippen LogP contribution in [0.25, 0.3) is 0 Å². The van der Waals surface area contributed by atoms with Crippen LogP contribution < -0.4 is 21.1 Å². The van der Waals surface area contributed by atoms with E-state index in [2.05, 4.69) is 37.9 Å². The van der Waals surface area contributed by atoms with Crippen LogP contribution in [-0.2, 0) is 0 Å². The van der Waals surface area contributed by atoms with Gasteiger partial charge in [0.2, 0.25) is 0 Å². The summed E-state index contributed by atoms with van der Waals surface area (Å²) >= 11 is 0. The van der Waals surface area contributed by atoms with E-state index in [4.69, 9.17) is 0 Å². The molecule has 5 heteroatoms. The van der Waals surface area contributed by atoms with Crippen molar-refractivity contribution < 1.29 is 0 Å². The number of hydrogen-bond acceptors (Lipinski definition) is 5. The molecule has 1 rings (SSSR count). The third-order valence-corrected chi connectivity index (χ3v) is 7.15. The van der Waals surface area contributed by atoms with Crippen LogP contribution in [0, 0.1) is 5.92 Å². The molecule has 35 heavy (non-hydrogen) atoms.